The fourth-order valence-electron chi connectivity index (χ4n) is 2.15. The first-order valence-corrected chi connectivity index (χ1v) is 7.45. The monoisotopic (exact) mass is 284 g/mol. The van der Waals surface area contributed by atoms with Crippen LogP contribution in [0.2, 0.25) is 0 Å². The first-order chi connectivity index (χ1) is 9.22. The van der Waals surface area contributed by atoms with Crippen molar-refractivity contribution >= 4 is 22.4 Å². The van der Waals surface area contributed by atoms with Crippen LogP contribution in [0.1, 0.15) is 42.4 Å². The normalized spacial score (nSPS) is 22.4. The maximum atomic E-state index is 12.0. The van der Waals surface area contributed by atoms with Gasteiger partial charge in [-0.2, -0.15) is 0 Å². The average molecular weight is 284 g/mol. The van der Waals surface area contributed by atoms with Crippen molar-refractivity contribution < 1.29 is 9.53 Å². The summed E-state index contributed by atoms with van der Waals surface area (Å²) in [6.45, 7) is 2.92. The lowest BCUT2D eigenvalue weighted by molar-refractivity contribution is 0.0914. The van der Waals surface area contributed by atoms with E-state index in [4.69, 9.17) is 4.74 Å². The van der Waals surface area contributed by atoms with Gasteiger partial charge >= 0.3 is 0 Å². The number of amides is 1. The number of hydrogen-bond acceptors (Lipinski definition) is 6. The van der Waals surface area contributed by atoms with E-state index in [9.17, 15) is 4.79 Å². The van der Waals surface area contributed by atoms with Gasteiger partial charge in [0.2, 0.25) is 10.1 Å². The van der Waals surface area contributed by atoms with Gasteiger partial charge in [-0.15, -0.1) is 10.2 Å². The molecule has 7 heteroatoms. The van der Waals surface area contributed by atoms with E-state index < -0.39 is 0 Å². The highest BCUT2D eigenvalue weighted by atomic mass is 32.1. The number of rotatable bonds is 6. The Morgan fingerprint density at radius 2 is 2.32 bits per heavy atom. The van der Waals surface area contributed by atoms with Crippen LogP contribution in [0.15, 0.2) is 0 Å². The van der Waals surface area contributed by atoms with Crippen LogP contribution in [-0.4, -0.2) is 41.9 Å². The minimum Gasteiger partial charge on any atom is -0.381 e. The Balaban J connectivity index is 1.84. The molecule has 0 bridgehead atoms. The van der Waals surface area contributed by atoms with Crippen molar-refractivity contribution in [3.63, 3.8) is 0 Å². The molecule has 19 heavy (non-hydrogen) atoms. The summed E-state index contributed by atoms with van der Waals surface area (Å²) in [5.74, 6) is -0.135. The zero-order valence-electron chi connectivity index (χ0n) is 11.3. The quantitative estimate of drug-likeness (QED) is 0.831. The molecule has 1 saturated carbocycles. The molecular weight excluding hydrogens is 264 g/mol. The molecule has 0 saturated heterocycles. The van der Waals surface area contributed by atoms with Crippen molar-refractivity contribution in [2.75, 3.05) is 19.0 Å². The van der Waals surface area contributed by atoms with Gasteiger partial charge in [0.1, 0.15) is 0 Å². The first kappa shape index (κ1) is 14.2. The van der Waals surface area contributed by atoms with E-state index in [1.807, 2.05) is 0 Å². The smallest absolute Gasteiger partial charge is 0.282 e. The molecule has 0 radical (unpaired) electrons. The molecule has 2 N–H and O–H groups in total. The summed E-state index contributed by atoms with van der Waals surface area (Å²) in [6, 6.07) is 0.188. The number of nitrogens with one attached hydrogen (secondary N) is 2. The standard InChI is InChI=1S/C12H20N4O2S/c1-3-6-13-12-16-15-11(19-12)10(17)14-8-4-5-9(7-8)18-2/h8-9H,3-7H2,1-2H3,(H,13,16)(H,14,17). The molecular formula is C12H20N4O2S. The Morgan fingerprint density at radius 3 is 3.00 bits per heavy atom. The number of aromatic nitrogens is 2. The van der Waals surface area contributed by atoms with E-state index in [0.29, 0.717) is 10.1 Å². The van der Waals surface area contributed by atoms with Gasteiger partial charge < -0.3 is 15.4 Å². The summed E-state index contributed by atoms with van der Waals surface area (Å²) in [6.07, 6.45) is 4.12. The number of nitrogens with zero attached hydrogens (tertiary/aromatic N) is 2. The van der Waals surface area contributed by atoms with Crippen LogP contribution in [0.4, 0.5) is 5.13 Å². The van der Waals surface area contributed by atoms with Gasteiger partial charge in [-0.1, -0.05) is 18.3 Å². The Kier molecular flexibility index (Phi) is 5.09. The van der Waals surface area contributed by atoms with E-state index in [1.165, 1.54) is 11.3 Å². The van der Waals surface area contributed by atoms with Gasteiger partial charge in [0.25, 0.3) is 5.91 Å². The van der Waals surface area contributed by atoms with Gasteiger partial charge in [-0.25, -0.2) is 0 Å². The zero-order chi connectivity index (χ0) is 13.7. The molecule has 1 heterocycles. The van der Waals surface area contributed by atoms with Crippen LogP contribution in [0.5, 0.6) is 0 Å². The highest BCUT2D eigenvalue weighted by Gasteiger charge is 2.26. The fraction of sp³-hybridized carbons (Fsp3) is 0.750. The number of methoxy groups -OCH3 is 1. The van der Waals surface area contributed by atoms with Crippen LogP contribution in [0.3, 0.4) is 0 Å². The van der Waals surface area contributed by atoms with Crippen molar-refractivity contribution in [2.45, 2.75) is 44.8 Å². The second kappa shape index (κ2) is 6.81. The van der Waals surface area contributed by atoms with Crippen LogP contribution in [0.25, 0.3) is 0 Å². The van der Waals surface area contributed by atoms with Crippen molar-refractivity contribution in [3.8, 4) is 0 Å². The third kappa shape index (κ3) is 3.87. The Hall–Kier alpha value is -1.21. The second-order valence-corrected chi connectivity index (χ2v) is 5.66. The fourth-order valence-corrected chi connectivity index (χ4v) is 2.82. The molecule has 0 aromatic carbocycles. The minimum atomic E-state index is -0.135. The maximum absolute atomic E-state index is 12.0. The summed E-state index contributed by atoms with van der Waals surface area (Å²) >= 11 is 1.29. The van der Waals surface area contributed by atoms with E-state index >= 15 is 0 Å². The summed E-state index contributed by atoms with van der Waals surface area (Å²) in [5, 5.41) is 15.1. The highest BCUT2D eigenvalue weighted by Crippen LogP contribution is 2.22. The largest absolute Gasteiger partial charge is 0.381 e. The minimum absolute atomic E-state index is 0.135. The van der Waals surface area contributed by atoms with Gasteiger partial charge in [0.15, 0.2) is 0 Å². The lowest BCUT2D eigenvalue weighted by Gasteiger charge is -2.11. The summed E-state index contributed by atoms with van der Waals surface area (Å²) in [5.41, 5.74) is 0. The molecule has 1 aliphatic rings. The van der Waals surface area contributed by atoms with Crippen molar-refractivity contribution in [1.82, 2.24) is 15.5 Å². The van der Waals surface area contributed by atoms with E-state index in [0.717, 1.165) is 32.2 Å². The lowest BCUT2D eigenvalue weighted by Crippen LogP contribution is -2.33. The molecule has 0 spiro atoms. The molecule has 106 valence electrons. The van der Waals surface area contributed by atoms with E-state index in [1.54, 1.807) is 7.11 Å². The molecule has 2 unspecified atom stereocenters. The SMILES string of the molecule is CCCNc1nnc(C(=O)NC2CCC(OC)C2)s1. The van der Waals surface area contributed by atoms with Crippen molar-refractivity contribution in [1.29, 1.82) is 0 Å². The van der Waals surface area contributed by atoms with Crippen LogP contribution >= 0.6 is 11.3 Å². The molecule has 2 atom stereocenters. The summed E-state index contributed by atoms with van der Waals surface area (Å²) < 4.78 is 5.29. The van der Waals surface area contributed by atoms with E-state index in [2.05, 4.69) is 27.8 Å². The van der Waals surface area contributed by atoms with Gasteiger partial charge in [0, 0.05) is 19.7 Å². The number of carbonyl (C=O) groups is 1. The van der Waals surface area contributed by atoms with Crippen molar-refractivity contribution in [3.05, 3.63) is 5.01 Å². The molecule has 2 rings (SSSR count). The molecule has 6 nitrogen and oxygen atoms in total. The molecule has 1 aliphatic carbocycles. The third-order valence-corrected chi connectivity index (χ3v) is 4.08. The molecule has 0 aliphatic heterocycles. The molecule has 1 aromatic heterocycles. The molecule has 1 aromatic rings. The molecule has 1 fully saturated rings. The number of hydrogen-bond donors (Lipinski definition) is 2. The van der Waals surface area contributed by atoms with Gasteiger partial charge in [-0.05, 0) is 25.7 Å². The second-order valence-electron chi connectivity index (χ2n) is 4.68. The Bertz CT molecular complexity index is 424. The summed E-state index contributed by atoms with van der Waals surface area (Å²) in [7, 11) is 1.71. The number of ether oxygens (including phenoxy) is 1. The lowest BCUT2D eigenvalue weighted by atomic mass is 10.2. The number of carbonyl (C=O) groups excluding carboxylic acids is 1. The predicted octanol–water partition coefficient (Wildman–Crippen LogP) is 1.66. The van der Waals surface area contributed by atoms with Crippen LogP contribution in [0, 0.1) is 0 Å². The zero-order valence-corrected chi connectivity index (χ0v) is 12.1. The highest BCUT2D eigenvalue weighted by molar-refractivity contribution is 7.17. The Labute approximate surface area is 116 Å². The van der Waals surface area contributed by atoms with E-state index in [-0.39, 0.29) is 18.1 Å². The van der Waals surface area contributed by atoms with Gasteiger partial charge in [-0.3, -0.25) is 4.79 Å². The van der Waals surface area contributed by atoms with Crippen LogP contribution in [-0.2, 0) is 4.74 Å². The average Bonchev–Trinajstić information content (AvgIpc) is 3.04. The first-order valence-electron chi connectivity index (χ1n) is 6.64. The van der Waals surface area contributed by atoms with Crippen molar-refractivity contribution in [2.24, 2.45) is 0 Å². The van der Waals surface area contributed by atoms with Crippen LogP contribution < -0.4 is 10.6 Å². The number of anilines is 1. The van der Waals surface area contributed by atoms with Gasteiger partial charge in [0.05, 0.1) is 6.10 Å². The Morgan fingerprint density at radius 1 is 1.47 bits per heavy atom. The molecule has 1 amide bonds. The predicted molar refractivity (Wildman–Crippen MR) is 74.6 cm³/mol. The third-order valence-electron chi connectivity index (χ3n) is 3.20. The summed E-state index contributed by atoms with van der Waals surface area (Å²) in [4.78, 5) is 12.0. The topological polar surface area (TPSA) is 76.1 Å². The maximum Gasteiger partial charge on any atom is 0.282 e.